The third-order valence-corrected chi connectivity index (χ3v) is 5.40. The van der Waals surface area contributed by atoms with E-state index < -0.39 is 0 Å². The highest BCUT2D eigenvalue weighted by atomic mass is 16.5. The number of carbonyl (C=O) groups excluding carboxylic acids is 1. The first-order valence-corrected chi connectivity index (χ1v) is 12.2. The molecular weight excluding hydrogens is 408 g/mol. The van der Waals surface area contributed by atoms with Crippen LogP contribution in [-0.4, -0.2) is 19.2 Å². The van der Waals surface area contributed by atoms with Gasteiger partial charge in [0.1, 0.15) is 12.4 Å². The van der Waals surface area contributed by atoms with Crippen LogP contribution in [0.1, 0.15) is 96.0 Å². The lowest BCUT2D eigenvalue weighted by Gasteiger charge is -2.08. The molecule has 0 bridgehead atoms. The van der Waals surface area contributed by atoms with Crippen molar-refractivity contribution in [2.75, 3.05) is 13.2 Å². The molecule has 0 aromatic heterocycles. The van der Waals surface area contributed by atoms with Crippen LogP contribution in [0.5, 0.6) is 5.75 Å². The van der Waals surface area contributed by atoms with Crippen molar-refractivity contribution in [2.45, 2.75) is 87.0 Å². The molecule has 0 aliphatic rings. The summed E-state index contributed by atoms with van der Waals surface area (Å²) in [7, 11) is 0. The van der Waals surface area contributed by atoms with Crippen molar-refractivity contribution in [3.05, 3.63) is 75.9 Å². The molecule has 1 aromatic rings. The monoisotopic (exact) mass is 452 g/mol. The lowest BCUT2D eigenvalue weighted by Crippen LogP contribution is -2.06. The summed E-state index contributed by atoms with van der Waals surface area (Å²) in [5.41, 5.74) is 7.06. The van der Waals surface area contributed by atoms with E-state index in [1.807, 2.05) is 32.1 Å². The van der Waals surface area contributed by atoms with Crippen LogP contribution in [0, 0.1) is 6.92 Å². The Balaban J connectivity index is 2.36. The highest BCUT2D eigenvalue weighted by Gasteiger charge is 2.09. The van der Waals surface area contributed by atoms with Crippen molar-refractivity contribution < 1.29 is 14.3 Å². The van der Waals surface area contributed by atoms with Crippen molar-refractivity contribution in [1.29, 1.82) is 0 Å². The Kier molecular flexibility index (Phi) is 13.9. The first-order chi connectivity index (χ1) is 15.7. The Morgan fingerprint density at radius 1 is 0.788 bits per heavy atom. The van der Waals surface area contributed by atoms with Gasteiger partial charge in [0.2, 0.25) is 0 Å². The summed E-state index contributed by atoms with van der Waals surface area (Å²) in [5, 5.41) is 0. The number of benzene rings is 1. The van der Waals surface area contributed by atoms with E-state index >= 15 is 0 Å². The third kappa shape index (κ3) is 13.6. The van der Waals surface area contributed by atoms with Crippen LogP contribution in [0.3, 0.4) is 0 Å². The summed E-state index contributed by atoms with van der Waals surface area (Å²) >= 11 is 0. The van der Waals surface area contributed by atoms with E-state index in [0.29, 0.717) is 24.5 Å². The number of rotatable bonds is 14. The fourth-order valence-corrected chi connectivity index (χ4v) is 3.45. The van der Waals surface area contributed by atoms with Gasteiger partial charge < -0.3 is 9.47 Å². The van der Waals surface area contributed by atoms with Crippen LogP contribution in [0.15, 0.2) is 64.8 Å². The number of hydrogen-bond donors (Lipinski definition) is 0. The van der Waals surface area contributed by atoms with Crippen LogP contribution < -0.4 is 4.74 Å². The third-order valence-electron chi connectivity index (χ3n) is 5.40. The van der Waals surface area contributed by atoms with E-state index in [0.717, 1.165) is 44.1 Å². The minimum absolute atomic E-state index is 0.294. The van der Waals surface area contributed by atoms with Gasteiger partial charge in [-0.2, -0.15) is 0 Å². The average Bonchev–Trinajstić information content (AvgIpc) is 2.73. The lowest BCUT2D eigenvalue weighted by atomic mass is 10.0. The normalized spacial score (nSPS) is 12.5. The molecule has 0 heterocycles. The highest BCUT2D eigenvalue weighted by molar-refractivity contribution is 5.90. The quantitative estimate of drug-likeness (QED) is 0.209. The Bertz CT molecular complexity index is 865. The number of hydrogen-bond acceptors (Lipinski definition) is 3. The molecule has 0 unspecified atom stereocenters. The van der Waals surface area contributed by atoms with E-state index in [1.54, 1.807) is 6.07 Å². The number of ether oxygens (including phenoxy) is 2. The van der Waals surface area contributed by atoms with E-state index in [2.05, 4.69) is 52.8 Å². The maximum atomic E-state index is 12.4. The summed E-state index contributed by atoms with van der Waals surface area (Å²) in [6.45, 7) is 15.6. The van der Waals surface area contributed by atoms with Crippen LogP contribution in [0.4, 0.5) is 0 Å². The second-order valence-electron chi connectivity index (χ2n) is 9.12. The SMILES string of the molecule is CCOc1cc(C)cc(C(=O)OC/C=C(\C)CC/C=C(\C)CC/C=C(\C)CCC=C(C)C)c1. The van der Waals surface area contributed by atoms with Gasteiger partial charge in [0.05, 0.1) is 12.2 Å². The molecule has 182 valence electrons. The molecule has 3 heteroatoms. The van der Waals surface area contributed by atoms with Gasteiger partial charge in [0.25, 0.3) is 0 Å². The molecule has 0 radical (unpaired) electrons. The Morgan fingerprint density at radius 2 is 1.33 bits per heavy atom. The van der Waals surface area contributed by atoms with Crippen molar-refractivity contribution in [2.24, 2.45) is 0 Å². The molecular formula is C30H44O3. The highest BCUT2D eigenvalue weighted by Crippen LogP contribution is 2.18. The molecule has 0 spiro atoms. The summed E-state index contributed by atoms with van der Waals surface area (Å²) in [5.74, 6) is 0.386. The zero-order valence-corrected chi connectivity index (χ0v) is 21.9. The Morgan fingerprint density at radius 3 is 1.88 bits per heavy atom. The first kappa shape index (κ1) is 28.5. The predicted octanol–water partition coefficient (Wildman–Crippen LogP) is 8.70. The van der Waals surface area contributed by atoms with E-state index in [9.17, 15) is 4.79 Å². The van der Waals surface area contributed by atoms with E-state index in [4.69, 9.17) is 9.47 Å². The molecule has 0 fully saturated rings. The fourth-order valence-electron chi connectivity index (χ4n) is 3.45. The lowest BCUT2D eigenvalue weighted by molar-refractivity contribution is 0.0548. The molecule has 0 atom stereocenters. The van der Waals surface area contributed by atoms with Gasteiger partial charge in [-0.3, -0.25) is 0 Å². The summed E-state index contributed by atoms with van der Waals surface area (Å²) in [4.78, 5) is 12.4. The van der Waals surface area contributed by atoms with E-state index in [1.165, 1.54) is 22.3 Å². The van der Waals surface area contributed by atoms with Gasteiger partial charge in [-0.25, -0.2) is 4.79 Å². The summed E-state index contributed by atoms with van der Waals surface area (Å²) in [6.07, 6.45) is 15.5. The molecule has 33 heavy (non-hydrogen) atoms. The molecule has 0 saturated carbocycles. The Hall–Kier alpha value is -2.55. The molecule has 1 aromatic carbocycles. The minimum Gasteiger partial charge on any atom is -0.494 e. The molecule has 0 amide bonds. The van der Waals surface area contributed by atoms with Crippen molar-refractivity contribution in [3.63, 3.8) is 0 Å². The van der Waals surface area contributed by atoms with Gasteiger partial charge in [-0.05, 0) is 117 Å². The fraction of sp³-hybridized carbons (Fsp3) is 0.500. The summed E-state index contributed by atoms with van der Waals surface area (Å²) in [6, 6.07) is 5.49. The van der Waals surface area contributed by atoms with Gasteiger partial charge in [-0.15, -0.1) is 0 Å². The van der Waals surface area contributed by atoms with E-state index in [-0.39, 0.29) is 5.97 Å². The van der Waals surface area contributed by atoms with Gasteiger partial charge in [0.15, 0.2) is 0 Å². The van der Waals surface area contributed by atoms with Crippen LogP contribution >= 0.6 is 0 Å². The first-order valence-electron chi connectivity index (χ1n) is 12.2. The number of allylic oxidation sites excluding steroid dienone is 7. The van der Waals surface area contributed by atoms with Crippen LogP contribution in [0.25, 0.3) is 0 Å². The number of esters is 1. The van der Waals surface area contributed by atoms with Gasteiger partial charge >= 0.3 is 5.97 Å². The number of aryl methyl sites for hydroxylation is 1. The largest absolute Gasteiger partial charge is 0.494 e. The second kappa shape index (κ2) is 16.1. The van der Waals surface area contributed by atoms with Crippen LogP contribution in [0.2, 0.25) is 0 Å². The van der Waals surface area contributed by atoms with Crippen molar-refractivity contribution in [1.82, 2.24) is 0 Å². The molecule has 0 saturated heterocycles. The minimum atomic E-state index is -0.316. The predicted molar refractivity (Wildman–Crippen MR) is 141 cm³/mol. The molecule has 3 nitrogen and oxygen atoms in total. The average molecular weight is 453 g/mol. The van der Waals surface area contributed by atoms with Crippen LogP contribution in [-0.2, 0) is 4.74 Å². The van der Waals surface area contributed by atoms with Crippen molar-refractivity contribution in [3.8, 4) is 5.75 Å². The Labute approximate surface area is 202 Å². The van der Waals surface area contributed by atoms with Gasteiger partial charge in [0, 0.05) is 0 Å². The van der Waals surface area contributed by atoms with Gasteiger partial charge in [-0.1, -0.05) is 40.5 Å². The molecule has 1 rings (SSSR count). The maximum Gasteiger partial charge on any atom is 0.338 e. The summed E-state index contributed by atoms with van der Waals surface area (Å²) < 4.78 is 10.9. The second-order valence-corrected chi connectivity index (χ2v) is 9.12. The zero-order chi connectivity index (χ0) is 24.6. The standard InChI is InChI=1S/C30H44O3/c1-8-32-29-21-27(7)20-28(22-29)30(31)33-19-18-26(6)17-11-16-25(5)15-10-14-24(4)13-9-12-23(2)3/h12,14,16,18,20-22H,8-11,13,15,17,19H2,1-7H3/b24-14+,25-16+,26-18+. The maximum absolute atomic E-state index is 12.4. The van der Waals surface area contributed by atoms with Crippen molar-refractivity contribution >= 4 is 5.97 Å². The molecule has 0 N–H and O–H groups in total. The smallest absolute Gasteiger partial charge is 0.338 e. The molecule has 0 aliphatic carbocycles. The zero-order valence-electron chi connectivity index (χ0n) is 21.9. The topological polar surface area (TPSA) is 35.5 Å². The number of carbonyl (C=O) groups is 1. The molecule has 0 aliphatic heterocycles.